The molecule has 6 nitrogen and oxygen atoms in total. The van der Waals surface area contributed by atoms with Crippen molar-refractivity contribution in [2.24, 2.45) is 0 Å². The van der Waals surface area contributed by atoms with Crippen molar-refractivity contribution >= 4 is 17.4 Å². The molecule has 1 aromatic heterocycles. The molecule has 11 heteroatoms. The van der Waals surface area contributed by atoms with Crippen molar-refractivity contribution in [2.75, 3.05) is 6.54 Å². The van der Waals surface area contributed by atoms with Gasteiger partial charge in [0.05, 0.1) is 5.70 Å². The lowest BCUT2D eigenvalue weighted by atomic mass is 9.92. The van der Waals surface area contributed by atoms with Crippen LogP contribution in [0, 0.1) is 5.82 Å². The van der Waals surface area contributed by atoms with E-state index in [4.69, 9.17) is 11.6 Å². The average molecular weight is 470 g/mol. The molecule has 3 heterocycles. The van der Waals surface area contributed by atoms with Gasteiger partial charge >= 0.3 is 6.36 Å². The van der Waals surface area contributed by atoms with Crippen LogP contribution in [0.3, 0.4) is 0 Å². The van der Waals surface area contributed by atoms with Gasteiger partial charge in [-0.05, 0) is 35.9 Å². The third-order valence-electron chi connectivity index (χ3n) is 5.13. The van der Waals surface area contributed by atoms with E-state index in [1.165, 1.54) is 12.3 Å². The molecule has 1 N–H and O–H groups in total. The molecule has 2 aliphatic rings. The Kier molecular flexibility index (Phi) is 5.93. The van der Waals surface area contributed by atoms with Gasteiger partial charge in [-0.25, -0.2) is 9.37 Å². The van der Waals surface area contributed by atoms with Crippen molar-refractivity contribution in [3.63, 3.8) is 0 Å². The van der Waals surface area contributed by atoms with Crippen LogP contribution in [0.1, 0.15) is 17.2 Å². The summed E-state index contributed by atoms with van der Waals surface area (Å²) >= 11 is 5.82. The molecule has 32 heavy (non-hydrogen) atoms. The Morgan fingerprint density at radius 2 is 2.03 bits per heavy atom. The van der Waals surface area contributed by atoms with Gasteiger partial charge in [0.25, 0.3) is 0 Å². The van der Waals surface area contributed by atoms with Gasteiger partial charge < -0.3 is 14.8 Å². The molecule has 0 spiro atoms. The zero-order valence-electron chi connectivity index (χ0n) is 16.3. The highest BCUT2D eigenvalue weighted by molar-refractivity contribution is 6.29. The number of ether oxygens (including phenoxy) is 1. The molecule has 2 atom stereocenters. The number of hydroxylamine groups is 2. The molecule has 2 aliphatic heterocycles. The van der Waals surface area contributed by atoms with Gasteiger partial charge in [0, 0.05) is 24.7 Å². The number of rotatable bonds is 4. The number of carbonyl (C=O) groups excluding carboxylic acids is 1. The fraction of sp³-hybridized carbons (Fsp3) is 0.238. The van der Waals surface area contributed by atoms with Gasteiger partial charge in [0.1, 0.15) is 28.9 Å². The number of aromatic nitrogens is 1. The third kappa shape index (κ3) is 4.47. The molecule has 1 aromatic carbocycles. The first-order valence-corrected chi connectivity index (χ1v) is 9.82. The minimum Gasteiger partial charge on any atom is -0.406 e. The number of alkyl halides is 3. The van der Waals surface area contributed by atoms with E-state index in [1.807, 2.05) is 0 Å². The molecular formula is C21H16ClF4N3O3. The molecular weight excluding hydrogens is 454 g/mol. The first-order valence-electron chi connectivity index (χ1n) is 9.44. The summed E-state index contributed by atoms with van der Waals surface area (Å²) in [4.78, 5) is 18.8. The van der Waals surface area contributed by atoms with E-state index in [1.54, 1.807) is 29.2 Å². The number of hydrogen-bond acceptors (Lipinski definition) is 6. The monoisotopic (exact) mass is 469 g/mol. The first kappa shape index (κ1) is 22.3. The second kappa shape index (κ2) is 8.53. The van der Waals surface area contributed by atoms with Crippen LogP contribution in [0.5, 0.6) is 5.75 Å². The Morgan fingerprint density at radius 1 is 1.25 bits per heavy atom. The Morgan fingerprint density at radius 3 is 2.72 bits per heavy atom. The highest BCUT2D eigenvalue weighted by atomic mass is 35.5. The number of hydrogen-bond donors (Lipinski definition) is 1. The maximum atomic E-state index is 14.7. The largest absolute Gasteiger partial charge is 0.573 e. The molecule has 0 radical (unpaired) electrons. The number of Topliss-reactive ketones (excluding diaryl/α,β-unsaturated/α-hetero) is 1. The standard InChI is InChI=1S/C21H16ClF4N3O3/c22-17-7-4-12(11-27-17)9-18-28-8-2-1-3-16(28)20(30)19(29(18)31)14-10-13(5-6-15(14)23)32-21(24,25)26/h1-7,10-11,18-19,31H,8-9H2. The van der Waals surface area contributed by atoms with E-state index < -0.39 is 41.5 Å². The summed E-state index contributed by atoms with van der Waals surface area (Å²) in [5.74, 6) is -2.32. The Labute approximate surface area is 184 Å². The topological polar surface area (TPSA) is 65.9 Å². The van der Waals surface area contributed by atoms with Crippen LogP contribution in [0.15, 0.2) is 60.5 Å². The number of benzene rings is 1. The van der Waals surface area contributed by atoms with Crippen molar-refractivity contribution in [3.8, 4) is 5.75 Å². The predicted molar refractivity (Wildman–Crippen MR) is 105 cm³/mol. The van der Waals surface area contributed by atoms with Crippen LogP contribution in [0.25, 0.3) is 0 Å². The van der Waals surface area contributed by atoms with Crippen molar-refractivity contribution in [3.05, 3.63) is 82.6 Å². The molecule has 2 aromatic rings. The lowest BCUT2D eigenvalue weighted by Crippen LogP contribution is -2.57. The summed E-state index contributed by atoms with van der Waals surface area (Å²) < 4.78 is 56.4. The normalized spacial score (nSPS) is 21.4. The van der Waals surface area contributed by atoms with Gasteiger partial charge in [-0.15, -0.1) is 13.2 Å². The molecule has 0 aliphatic carbocycles. The molecule has 0 amide bonds. The number of fused-ring (bicyclic) bond motifs is 1. The molecule has 4 rings (SSSR count). The fourth-order valence-corrected chi connectivity index (χ4v) is 3.87. The van der Waals surface area contributed by atoms with Crippen molar-refractivity contribution in [2.45, 2.75) is 25.0 Å². The Hall–Kier alpha value is -2.95. The SMILES string of the molecule is O=C1C2=CC=CCN2C(Cc2ccc(Cl)nc2)N(O)C1c1cc(OC(F)(F)F)ccc1F. The maximum absolute atomic E-state index is 14.7. The van der Waals surface area contributed by atoms with Crippen molar-refractivity contribution in [1.29, 1.82) is 0 Å². The summed E-state index contributed by atoms with van der Waals surface area (Å²) in [6.45, 7) is 0.298. The van der Waals surface area contributed by atoms with E-state index in [0.717, 1.165) is 18.2 Å². The minimum absolute atomic E-state index is 0.177. The van der Waals surface area contributed by atoms with E-state index in [9.17, 15) is 27.6 Å². The molecule has 0 bridgehead atoms. The van der Waals surface area contributed by atoms with Crippen LogP contribution in [0.2, 0.25) is 5.15 Å². The van der Waals surface area contributed by atoms with Crippen molar-refractivity contribution < 1.29 is 32.3 Å². The lowest BCUT2D eigenvalue weighted by molar-refractivity contribution is -0.274. The van der Waals surface area contributed by atoms with E-state index in [0.29, 0.717) is 17.2 Å². The van der Waals surface area contributed by atoms with Gasteiger partial charge in [-0.2, -0.15) is 5.06 Å². The van der Waals surface area contributed by atoms with Crippen LogP contribution in [-0.4, -0.2) is 45.0 Å². The number of nitrogens with zero attached hydrogens (tertiary/aromatic N) is 3. The fourth-order valence-electron chi connectivity index (χ4n) is 3.76. The summed E-state index contributed by atoms with van der Waals surface area (Å²) in [5, 5.41) is 11.9. The van der Waals surface area contributed by atoms with Gasteiger partial charge in [-0.1, -0.05) is 29.8 Å². The average Bonchev–Trinajstić information content (AvgIpc) is 2.74. The highest BCUT2D eigenvalue weighted by Gasteiger charge is 2.45. The van der Waals surface area contributed by atoms with Crippen LogP contribution in [0.4, 0.5) is 17.6 Å². The Balaban J connectivity index is 1.74. The number of ketones is 1. The van der Waals surface area contributed by atoms with Crippen LogP contribution in [-0.2, 0) is 11.2 Å². The predicted octanol–water partition coefficient (Wildman–Crippen LogP) is 4.41. The third-order valence-corrected chi connectivity index (χ3v) is 5.36. The summed E-state index contributed by atoms with van der Waals surface area (Å²) in [7, 11) is 0. The van der Waals surface area contributed by atoms with Gasteiger partial charge in [-0.3, -0.25) is 4.79 Å². The summed E-state index contributed by atoms with van der Waals surface area (Å²) in [5.41, 5.74) is 0.444. The van der Waals surface area contributed by atoms with E-state index in [-0.39, 0.29) is 17.3 Å². The molecule has 1 saturated heterocycles. The van der Waals surface area contributed by atoms with E-state index in [2.05, 4.69) is 9.72 Å². The minimum atomic E-state index is -5.00. The number of halogens is 5. The molecule has 0 saturated carbocycles. The van der Waals surface area contributed by atoms with Gasteiger partial charge in [0.15, 0.2) is 0 Å². The zero-order chi connectivity index (χ0) is 23.0. The quantitative estimate of drug-likeness (QED) is 0.528. The van der Waals surface area contributed by atoms with Crippen molar-refractivity contribution in [1.82, 2.24) is 14.9 Å². The number of allylic oxidation sites excluding steroid dienone is 2. The molecule has 2 unspecified atom stereocenters. The number of pyridine rings is 1. The van der Waals surface area contributed by atoms with Gasteiger partial charge in [0.2, 0.25) is 5.78 Å². The Bertz CT molecular complexity index is 1090. The zero-order valence-corrected chi connectivity index (χ0v) is 17.0. The summed E-state index contributed by atoms with van der Waals surface area (Å²) in [6, 6.07) is 4.00. The lowest BCUT2D eigenvalue weighted by Gasteiger charge is -2.47. The second-order valence-electron chi connectivity index (χ2n) is 7.18. The van der Waals surface area contributed by atoms with Crippen LogP contribution < -0.4 is 4.74 Å². The number of carbonyl (C=O) groups is 1. The molecule has 168 valence electrons. The highest BCUT2D eigenvalue weighted by Crippen LogP contribution is 2.38. The smallest absolute Gasteiger partial charge is 0.406 e. The van der Waals surface area contributed by atoms with Crippen LogP contribution >= 0.6 is 11.6 Å². The molecule has 1 fully saturated rings. The second-order valence-corrected chi connectivity index (χ2v) is 7.57. The maximum Gasteiger partial charge on any atom is 0.573 e. The summed E-state index contributed by atoms with van der Waals surface area (Å²) in [6.07, 6.45) is 0.794. The first-order chi connectivity index (χ1) is 15.1. The van der Waals surface area contributed by atoms with E-state index >= 15 is 0 Å².